The molecule has 0 fully saturated rings. The number of nitro groups is 1. The highest BCUT2D eigenvalue weighted by molar-refractivity contribution is 7.15. The molecule has 0 spiro atoms. The number of amides is 1. The van der Waals surface area contributed by atoms with E-state index in [0.717, 1.165) is 5.65 Å². The first-order chi connectivity index (χ1) is 15.5. The third kappa shape index (κ3) is 4.35. The number of esters is 1. The molecule has 1 N–H and O–H groups in total. The molecular formula is C22H18N4O5S. The Morgan fingerprint density at radius 1 is 1.22 bits per heavy atom. The smallest absolute Gasteiger partial charge is 0.341 e. The van der Waals surface area contributed by atoms with Crippen LogP contribution in [0.2, 0.25) is 0 Å². The number of thiophene rings is 1. The topological polar surface area (TPSA) is 116 Å². The second kappa shape index (κ2) is 8.98. The van der Waals surface area contributed by atoms with Crippen LogP contribution in [0.3, 0.4) is 0 Å². The number of non-ortho nitro benzene ring substituents is 1. The molecule has 0 saturated heterocycles. The summed E-state index contributed by atoms with van der Waals surface area (Å²) in [6, 6.07) is 11.4. The highest BCUT2D eigenvalue weighted by Gasteiger charge is 2.23. The van der Waals surface area contributed by atoms with Gasteiger partial charge in [0.2, 0.25) is 5.91 Å². The van der Waals surface area contributed by atoms with E-state index in [1.54, 1.807) is 30.6 Å². The maximum atomic E-state index is 12.7. The van der Waals surface area contributed by atoms with Crippen LogP contribution in [0.15, 0.2) is 60.2 Å². The Kier molecular flexibility index (Phi) is 5.95. The second-order valence-corrected chi connectivity index (χ2v) is 7.68. The number of carbonyl (C=O) groups is 2. The van der Waals surface area contributed by atoms with E-state index >= 15 is 0 Å². The molecule has 162 valence electrons. The van der Waals surface area contributed by atoms with Crippen LogP contribution in [0.4, 0.5) is 10.7 Å². The Morgan fingerprint density at radius 2 is 2.00 bits per heavy atom. The number of nitrogens with one attached hydrogen (secondary N) is 1. The van der Waals surface area contributed by atoms with Gasteiger partial charge in [-0.1, -0.05) is 6.07 Å². The van der Waals surface area contributed by atoms with Crippen molar-refractivity contribution in [3.8, 4) is 11.1 Å². The molecule has 3 aromatic heterocycles. The van der Waals surface area contributed by atoms with Gasteiger partial charge in [0.15, 0.2) is 0 Å². The number of carbonyl (C=O) groups excluding carboxylic acids is 2. The number of imidazole rings is 1. The number of benzene rings is 1. The molecule has 0 radical (unpaired) electrons. The van der Waals surface area contributed by atoms with E-state index in [-0.39, 0.29) is 30.2 Å². The largest absolute Gasteiger partial charge is 0.462 e. The van der Waals surface area contributed by atoms with Gasteiger partial charge >= 0.3 is 5.97 Å². The molecule has 9 nitrogen and oxygen atoms in total. The van der Waals surface area contributed by atoms with Gasteiger partial charge in [0, 0.05) is 35.5 Å². The van der Waals surface area contributed by atoms with Crippen molar-refractivity contribution in [2.24, 2.45) is 0 Å². The number of pyridine rings is 1. The van der Waals surface area contributed by atoms with E-state index in [1.165, 1.54) is 23.5 Å². The van der Waals surface area contributed by atoms with Crippen molar-refractivity contribution in [2.75, 3.05) is 11.9 Å². The summed E-state index contributed by atoms with van der Waals surface area (Å²) in [7, 11) is 0. The zero-order valence-corrected chi connectivity index (χ0v) is 17.8. The average Bonchev–Trinajstić information content (AvgIpc) is 3.37. The van der Waals surface area contributed by atoms with Gasteiger partial charge < -0.3 is 14.5 Å². The fourth-order valence-corrected chi connectivity index (χ4v) is 4.21. The van der Waals surface area contributed by atoms with E-state index in [1.807, 2.05) is 28.8 Å². The molecule has 10 heteroatoms. The lowest BCUT2D eigenvalue weighted by Crippen LogP contribution is -2.16. The molecule has 4 aromatic rings. The van der Waals surface area contributed by atoms with Gasteiger partial charge in [-0.05, 0) is 36.8 Å². The number of aromatic nitrogens is 2. The van der Waals surface area contributed by atoms with E-state index in [4.69, 9.17) is 4.74 Å². The molecule has 32 heavy (non-hydrogen) atoms. The predicted molar refractivity (Wildman–Crippen MR) is 120 cm³/mol. The second-order valence-electron chi connectivity index (χ2n) is 6.80. The number of nitro benzene ring substituents is 1. The van der Waals surface area contributed by atoms with Gasteiger partial charge in [0.1, 0.15) is 16.2 Å². The molecule has 1 aromatic carbocycles. The number of hydrogen-bond donors (Lipinski definition) is 1. The fraction of sp³-hybridized carbons (Fsp3) is 0.136. The lowest BCUT2D eigenvalue weighted by atomic mass is 10.0. The summed E-state index contributed by atoms with van der Waals surface area (Å²) in [5.41, 5.74) is 2.64. The van der Waals surface area contributed by atoms with Crippen LogP contribution in [0, 0.1) is 10.1 Å². The molecule has 0 aliphatic rings. The number of nitrogens with zero attached hydrogens (tertiary/aromatic N) is 3. The molecule has 1 amide bonds. The first kappa shape index (κ1) is 21.2. The van der Waals surface area contributed by atoms with Gasteiger partial charge in [-0.15, -0.1) is 11.3 Å². The minimum Gasteiger partial charge on any atom is -0.462 e. The SMILES string of the molecule is CCOC(=O)c1c(-c2ccc([N+](=O)[O-])cc2)csc1NC(=O)Cc1cn2ccccc2n1. The van der Waals surface area contributed by atoms with E-state index in [2.05, 4.69) is 10.3 Å². The predicted octanol–water partition coefficient (Wildman–Crippen LogP) is 4.33. The third-order valence-electron chi connectivity index (χ3n) is 4.67. The number of ether oxygens (including phenoxy) is 1. The Balaban J connectivity index is 1.60. The number of anilines is 1. The normalized spacial score (nSPS) is 10.8. The van der Waals surface area contributed by atoms with E-state index in [9.17, 15) is 19.7 Å². The molecule has 0 aliphatic carbocycles. The molecule has 0 atom stereocenters. The highest BCUT2D eigenvalue weighted by Crippen LogP contribution is 2.37. The summed E-state index contributed by atoms with van der Waals surface area (Å²) in [6.07, 6.45) is 3.66. The Labute approximate surface area is 186 Å². The zero-order valence-electron chi connectivity index (χ0n) is 17.0. The van der Waals surface area contributed by atoms with E-state index in [0.29, 0.717) is 21.8 Å². The van der Waals surface area contributed by atoms with Crippen LogP contribution in [-0.4, -0.2) is 32.8 Å². The minimum atomic E-state index is -0.579. The Hall–Kier alpha value is -4.05. The monoisotopic (exact) mass is 450 g/mol. The molecule has 3 heterocycles. The summed E-state index contributed by atoms with van der Waals surface area (Å²) < 4.78 is 7.01. The van der Waals surface area contributed by atoms with Crippen LogP contribution in [0.25, 0.3) is 16.8 Å². The van der Waals surface area contributed by atoms with Crippen molar-refractivity contribution in [1.82, 2.24) is 9.38 Å². The maximum Gasteiger partial charge on any atom is 0.341 e. The Morgan fingerprint density at radius 3 is 2.69 bits per heavy atom. The molecular weight excluding hydrogens is 432 g/mol. The molecule has 0 bridgehead atoms. The summed E-state index contributed by atoms with van der Waals surface area (Å²) in [5, 5.41) is 15.8. The van der Waals surface area contributed by atoms with Crippen molar-refractivity contribution in [3.05, 3.63) is 81.6 Å². The zero-order chi connectivity index (χ0) is 22.7. The third-order valence-corrected chi connectivity index (χ3v) is 5.56. The number of hydrogen-bond acceptors (Lipinski definition) is 7. The average molecular weight is 450 g/mol. The van der Waals surface area contributed by atoms with Gasteiger partial charge in [-0.2, -0.15) is 0 Å². The summed E-state index contributed by atoms with van der Waals surface area (Å²) >= 11 is 1.19. The van der Waals surface area contributed by atoms with Crippen LogP contribution in [0.5, 0.6) is 0 Å². The first-order valence-electron chi connectivity index (χ1n) is 9.72. The standard InChI is InChI=1S/C22H18N4O5S/c1-2-31-22(28)20-17(14-6-8-16(9-7-14)26(29)30)13-32-21(20)24-19(27)11-15-12-25-10-4-3-5-18(25)23-15/h3-10,12-13H,2,11H2,1H3,(H,24,27). The summed E-state index contributed by atoms with van der Waals surface area (Å²) in [4.78, 5) is 40.2. The summed E-state index contributed by atoms with van der Waals surface area (Å²) in [5.74, 6) is -0.902. The molecule has 0 aliphatic heterocycles. The van der Waals surface area contributed by atoms with Crippen LogP contribution < -0.4 is 5.32 Å². The van der Waals surface area contributed by atoms with Gasteiger partial charge in [-0.3, -0.25) is 14.9 Å². The lowest BCUT2D eigenvalue weighted by Gasteiger charge is -2.08. The van der Waals surface area contributed by atoms with Crippen molar-refractivity contribution >= 4 is 39.5 Å². The van der Waals surface area contributed by atoms with Crippen molar-refractivity contribution in [3.63, 3.8) is 0 Å². The molecule has 4 rings (SSSR count). The van der Waals surface area contributed by atoms with E-state index < -0.39 is 10.9 Å². The van der Waals surface area contributed by atoms with Crippen molar-refractivity contribution < 1.29 is 19.2 Å². The Bertz CT molecular complexity index is 1280. The first-order valence-corrected chi connectivity index (χ1v) is 10.6. The van der Waals surface area contributed by atoms with Crippen LogP contribution >= 0.6 is 11.3 Å². The minimum absolute atomic E-state index is 0.0364. The fourth-order valence-electron chi connectivity index (χ4n) is 3.24. The van der Waals surface area contributed by atoms with Gasteiger partial charge in [0.25, 0.3) is 5.69 Å². The van der Waals surface area contributed by atoms with Crippen molar-refractivity contribution in [1.29, 1.82) is 0 Å². The quantitative estimate of drug-likeness (QED) is 0.255. The molecule has 0 unspecified atom stereocenters. The van der Waals surface area contributed by atoms with Gasteiger partial charge in [-0.25, -0.2) is 9.78 Å². The van der Waals surface area contributed by atoms with Crippen LogP contribution in [-0.2, 0) is 16.0 Å². The van der Waals surface area contributed by atoms with Crippen LogP contribution in [0.1, 0.15) is 23.0 Å². The molecule has 0 saturated carbocycles. The number of fused-ring (bicyclic) bond motifs is 1. The number of rotatable bonds is 7. The maximum absolute atomic E-state index is 12.7. The lowest BCUT2D eigenvalue weighted by molar-refractivity contribution is -0.384. The summed E-state index contributed by atoms with van der Waals surface area (Å²) in [6.45, 7) is 1.86. The highest BCUT2D eigenvalue weighted by atomic mass is 32.1. The van der Waals surface area contributed by atoms with Gasteiger partial charge in [0.05, 0.1) is 23.6 Å². The van der Waals surface area contributed by atoms with Crippen molar-refractivity contribution in [2.45, 2.75) is 13.3 Å².